The monoisotopic (exact) mass is 528 g/mol. The molecule has 0 atom stereocenters. The molecule has 4 N–H and O–H groups in total. The Labute approximate surface area is 182 Å². The third-order valence-corrected chi connectivity index (χ3v) is 11.7. The van der Waals surface area contributed by atoms with Crippen LogP contribution in [-0.4, -0.2) is 39.4 Å². The minimum Gasteiger partial charge on any atom is -0.147 e. The van der Waals surface area contributed by atoms with E-state index >= 15 is 0 Å². The largest absolute Gasteiger partial charge is 0.147 e. The van der Waals surface area contributed by atoms with Crippen LogP contribution in [0.3, 0.4) is 0 Å². The van der Waals surface area contributed by atoms with Crippen LogP contribution in [0.5, 0.6) is 0 Å². The van der Waals surface area contributed by atoms with Crippen molar-refractivity contribution >= 4 is 60.0 Å². The van der Waals surface area contributed by atoms with Crippen molar-refractivity contribution in [3.63, 3.8) is 0 Å². The van der Waals surface area contributed by atoms with E-state index in [0.717, 1.165) is 0 Å². The van der Waals surface area contributed by atoms with Crippen molar-refractivity contribution in [2.24, 2.45) is 11.5 Å². The number of rotatable bonds is 7. The van der Waals surface area contributed by atoms with Crippen molar-refractivity contribution in [2.75, 3.05) is 13.1 Å². The summed E-state index contributed by atoms with van der Waals surface area (Å²) >= 11 is 0.883. The van der Waals surface area contributed by atoms with Crippen LogP contribution in [0.1, 0.15) is 38.8 Å². The molecule has 0 fully saturated rings. The smallest absolute Gasteiger partial charge is 0.147 e. The average molecular weight is 527 g/mol. The van der Waals surface area contributed by atoms with Crippen LogP contribution < -0.4 is 20.4 Å². The summed E-state index contributed by atoms with van der Waals surface area (Å²) in [5, 5.41) is 0. The van der Waals surface area contributed by atoms with Gasteiger partial charge < -0.3 is 0 Å². The summed E-state index contributed by atoms with van der Waals surface area (Å²) in [5.41, 5.74) is 14.9. The van der Waals surface area contributed by atoms with Crippen molar-refractivity contribution in [2.45, 2.75) is 38.5 Å². The quantitative estimate of drug-likeness (QED) is 0.544. The van der Waals surface area contributed by atoms with E-state index in [4.69, 9.17) is 11.5 Å². The Morgan fingerprint density at radius 3 is 1.27 bits per heavy atom. The topological polar surface area (TPSA) is 52.0 Å². The average Bonchev–Trinajstić information content (AvgIpc) is 2.60. The number of hydrogen-bond acceptors (Lipinski definition) is 2. The second kappa shape index (κ2) is 11.1. The van der Waals surface area contributed by atoms with Gasteiger partial charge in [-0.05, 0) is 0 Å². The number of nitrogens with two attached hydrogens (primary N) is 2. The molecule has 0 amide bonds. The van der Waals surface area contributed by atoms with E-state index in [-0.39, 0.29) is 35.6 Å². The van der Waals surface area contributed by atoms with Crippen LogP contribution in [0.25, 0.3) is 0 Å². The van der Waals surface area contributed by atoms with E-state index in [0.29, 0.717) is 39.4 Å². The van der Waals surface area contributed by atoms with E-state index in [1.54, 1.807) is 0 Å². The van der Waals surface area contributed by atoms with Gasteiger partial charge in [-0.15, -0.1) is 24.8 Å². The van der Waals surface area contributed by atoms with Crippen molar-refractivity contribution in [1.29, 1.82) is 0 Å². The summed E-state index contributed by atoms with van der Waals surface area (Å²) in [6, 6.07) is 17.6. The maximum Gasteiger partial charge on any atom is -0.147 e. The summed E-state index contributed by atoms with van der Waals surface area (Å²) in [6.45, 7) is 10.3. The molecule has 2 aromatic carbocycles. The standard InChI is InChI=1S/C20H28N2Se2.2ClH/c1-19(2,13-21)15-9-5-7-11-17(15)23-24-18-12-8-6-10-16(18)20(3,4)14-22;;/h5-12H,13-14,21-22H2,1-4H3;2*1H. The van der Waals surface area contributed by atoms with E-state index in [9.17, 15) is 0 Å². The zero-order valence-electron chi connectivity index (χ0n) is 15.8. The Morgan fingerprint density at radius 2 is 0.962 bits per heavy atom. The minimum absolute atomic E-state index is 0. The van der Waals surface area contributed by atoms with Crippen LogP contribution in [-0.2, 0) is 10.8 Å². The third kappa shape index (κ3) is 6.26. The fourth-order valence-electron chi connectivity index (χ4n) is 2.51. The van der Waals surface area contributed by atoms with Gasteiger partial charge in [0.1, 0.15) is 0 Å². The summed E-state index contributed by atoms with van der Waals surface area (Å²) in [7, 11) is 0. The summed E-state index contributed by atoms with van der Waals surface area (Å²) < 4.78 is 2.97. The zero-order valence-corrected chi connectivity index (χ0v) is 20.9. The van der Waals surface area contributed by atoms with Crippen LogP contribution in [0.15, 0.2) is 48.5 Å². The summed E-state index contributed by atoms with van der Waals surface area (Å²) in [4.78, 5) is 0. The first-order valence-electron chi connectivity index (χ1n) is 8.25. The molecule has 6 heteroatoms. The molecule has 0 aliphatic carbocycles. The van der Waals surface area contributed by atoms with Gasteiger partial charge in [0.25, 0.3) is 0 Å². The number of halogens is 2. The van der Waals surface area contributed by atoms with Gasteiger partial charge in [0.15, 0.2) is 0 Å². The molecular weight excluding hydrogens is 497 g/mol. The Kier molecular flexibility index (Phi) is 11.1. The molecule has 0 aliphatic heterocycles. The molecule has 146 valence electrons. The summed E-state index contributed by atoms with van der Waals surface area (Å²) in [5.74, 6) is 0. The maximum atomic E-state index is 6.01. The second-order valence-corrected chi connectivity index (χ2v) is 13.5. The number of benzene rings is 2. The maximum absolute atomic E-state index is 6.01. The van der Waals surface area contributed by atoms with Crippen molar-refractivity contribution < 1.29 is 0 Å². The Bertz CT molecular complexity index is 632. The predicted molar refractivity (Wildman–Crippen MR) is 122 cm³/mol. The van der Waals surface area contributed by atoms with Gasteiger partial charge in [0.2, 0.25) is 0 Å². The molecule has 0 aliphatic rings. The molecule has 2 nitrogen and oxygen atoms in total. The van der Waals surface area contributed by atoms with Crippen LogP contribution in [0.4, 0.5) is 0 Å². The van der Waals surface area contributed by atoms with E-state index < -0.39 is 0 Å². The molecule has 0 unspecified atom stereocenters. The third-order valence-electron chi connectivity index (χ3n) is 4.47. The summed E-state index contributed by atoms with van der Waals surface area (Å²) in [6.07, 6.45) is 0. The fourth-order valence-corrected chi connectivity index (χ4v) is 10.4. The van der Waals surface area contributed by atoms with Gasteiger partial charge in [-0.1, -0.05) is 0 Å². The van der Waals surface area contributed by atoms with Gasteiger partial charge in [0.05, 0.1) is 0 Å². The molecule has 0 spiro atoms. The molecule has 0 heterocycles. The zero-order chi connectivity index (χ0) is 17.8. The van der Waals surface area contributed by atoms with Gasteiger partial charge in [-0.25, -0.2) is 0 Å². The van der Waals surface area contributed by atoms with Crippen molar-refractivity contribution in [1.82, 2.24) is 0 Å². The Balaban J connectivity index is 0.00000312. The van der Waals surface area contributed by atoms with Gasteiger partial charge in [-0.3, -0.25) is 0 Å². The molecule has 0 saturated heterocycles. The fraction of sp³-hybridized carbons (Fsp3) is 0.400. The second-order valence-electron chi connectivity index (χ2n) is 7.34. The van der Waals surface area contributed by atoms with Crippen molar-refractivity contribution in [3.8, 4) is 0 Å². The van der Waals surface area contributed by atoms with Crippen molar-refractivity contribution in [3.05, 3.63) is 59.7 Å². The molecule has 0 radical (unpaired) electrons. The van der Waals surface area contributed by atoms with Gasteiger partial charge in [-0.2, -0.15) is 0 Å². The first kappa shape index (κ1) is 26.0. The van der Waals surface area contributed by atoms with Gasteiger partial charge >= 0.3 is 158 Å². The normalized spacial score (nSPS) is 11.5. The first-order chi connectivity index (χ1) is 11.3. The van der Waals surface area contributed by atoms with E-state index in [2.05, 4.69) is 76.2 Å². The predicted octanol–water partition coefficient (Wildman–Crippen LogP) is 2.28. The minimum atomic E-state index is 0. The van der Waals surface area contributed by atoms with E-state index in [1.165, 1.54) is 20.1 Å². The van der Waals surface area contributed by atoms with Crippen LogP contribution >= 0.6 is 24.8 Å². The molecule has 0 bridgehead atoms. The van der Waals surface area contributed by atoms with Crippen LogP contribution in [0.2, 0.25) is 0 Å². The molecule has 0 saturated carbocycles. The molecule has 26 heavy (non-hydrogen) atoms. The Hall–Kier alpha value is -0.0210. The van der Waals surface area contributed by atoms with Gasteiger partial charge in [0, 0.05) is 0 Å². The van der Waals surface area contributed by atoms with Crippen LogP contribution in [0, 0.1) is 0 Å². The molecule has 2 rings (SSSR count). The molecule has 0 aromatic heterocycles. The Morgan fingerprint density at radius 1 is 0.654 bits per heavy atom. The number of hydrogen-bond donors (Lipinski definition) is 2. The van der Waals surface area contributed by atoms with E-state index in [1.807, 2.05) is 0 Å². The molecule has 2 aromatic rings. The SMILES string of the molecule is CC(C)(CN)c1ccccc1[Se][Se]c1ccccc1C(C)(C)CN.Cl.Cl. The molecular formula is C20H30Cl2N2Se2. The first-order valence-corrected chi connectivity index (χ1v) is 14.3.